The molecule has 0 spiro atoms. The first-order valence-corrected chi connectivity index (χ1v) is 7.92. The fourth-order valence-electron chi connectivity index (χ4n) is 2.66. The molecule has 0 aliphatic heterocycles. The Hall–Kier alpha value is -1.89. The summed E-state index contributed by atoms with van der Waals surface area (Å²) in [7, 11) is 0. The smallest absolute Gasteiger partial charge is 0.235 e. The maximum Gasteiger partial charge on any atom is 0.235 e. The molecule has 1 aromatic carbocycles. The molecule has 1 aliphatic rings. The summed E-state index contributed by atoms with van der Waals surface area (Å²) in [6, 6.07) is 9.83. The molecule has 2 aromatic rings. The molecule has 1 fully saturated rings. The molecule has 0 radical (unpaired) electrons. The van der Waals surface area contributed by atoms with Crippen LogP contribution in [0.1, 0.15) is 42.5 Å². The van der Waals surface area contributed by atoms with Gasteiger partial charge in [0.25, 0.3) is 0 Å². The molecule has 21 heavy (non-hydrogen) atoms. The van der Waals surface area contributed by atoms with Gasteiger partial charge in [-0.25, -0.2) is 4.68 Å². The van der Waals surface area contributed by atoms with Crippen LogP contribution < -0.4 is 5.73 Å². The molecular weight excluding hydrogens is 286 g/mol. The van der Waals surface area contributed by atoms with Crippen LogP contribution in [-0.2, 0) is 4.79 Å². The van der Waals surface area contributed by atoms with Crippen molar-refractivity contribution >= 4 is 17.7 Å². The lowest BCUT2D eigenvalue weighted by Crippen LogP contribution is -2.20. The van der Waals surface area contributed by atoms with Crippen LogP contribution in [0.25, 0.3) is 0 Å². The zero-order valence-electron chi connectivity index (χ0n) is 11.6. The molecule has 3 rings (SSSR count). The molecule has 2 N–H and O–H groups in total. The highest BCUT2D eigenvalue weighted by atomic mass is 32.2. The Morgan fingerprint density at radius 3 is 2.67 bits per heavy atom. The van der Waals surface area contributed by atoms with Crippen molar-refractivity contribution in [3.05, 3.63) is 35.9 Å². The average molecular weight is 303 g/mol. The number of carbonyl (C=O) groups excluding carboxylic acids is 1. The van der Waals surface area contributed by atoms with Gasteiger partial charge in [0, 0.05) is 0 Å². The summed E-state index contributed by atoms with van der Waals surface area (Å²) < 4.78 is 1.84. The summed E-state index contributed by atoms with van der Waals surface area (Å²) >= 11 is 1.32. The van der Waals surface area contributed by atoms with Gasteiger partial charge in [0.05, 0.1) is 6.04 Å². The SMILES string of the molecule is NC(=O)C(Sc1nnnn1C1CCCC1)c1ccccc1. The molecule has 1 heterocycles. The van der Waals surface area contributed by atoms with E-state index in [4.69, 9.17) is 5.73 Å². The summed E-state index contributed by atoms with van der Waals surface area (Å²) in [5, 5.41) is 12.1. The van der Waals surface area contributed by atoms with Crippen LogP contribution in [-0.4, -0.2) is 26.1 Å². The number of hydrogen-bond donors (Lipinski definition) is 1. The highest BCUT2D eigenvalue weighted by Crippen LogP contribution is 2.37. The first-order chi connectivity index (χ1) is 10.3. The summed E-state index contributed by atoms with van der Waals surface area (Å²) in [5.41, 5.74) is 6.42. The van der Waals surface area contributed by atoms with Crippen molar-refractivity contribution in [2.24, 2.45) is 5.73 Å². The van der Waals surface area contributed by atoms with Crippen LogP contribution in [0.4, 0.5) is 0 Å². The lowest BCUT2D eigenvalue weighted by atomic mass is 10.1. The van der Waals surface area contributed by atoms with Gasteiger partial charge in [-0.2, -0.15) is 0 Å². The molecule has 1 unspecified atom stereocenters. The van der Waals surface area contributed by atoms with Crippen LogP contribution in [0.2, 0.25) is 0 Å². The van der Waals surface area contributed by atoms with E-state index < -0.39 is 5.25 Å². The molecule has 6 nitrogen and oxygen atoms in total. The number of nitrogens with two attached hydrogens (primary N) is 1. The van der Waals surface area contributed by atoms with Crippen molar-refractivity contribution in [3.63, 3.8) is 0 Å². The Balaban J connectivity index is 1.84. The van der Waals surface area contributed by atoms with E-state index in [1.54, 1.807) is 0 Å². The maximum atomic E-state index is 11.8. The van der Waals surface area contributed by atoms with Gasteiger partial charge >= 0.3 is 0 Å². The first-order valence-electron chi connectivity index (χ1n) is 7.04. The predicted octanol–water partition coefficient (Wildman–Crippen LogP) is 2.11. The highest BCUT2D eigenvalue weighted by molar-refractivity contribution is 8.00. The molecule has 1 saturated carbocycles. The summed E-state index contributed by atoms with van der Waals surface area (Å²) in [5.74, 6) is -0.382. The van der Waals surface area contributed by atoms with Crippen molar-refractivity contribution in [3.8, 4) is 0 Å². The van der Waals surface area contributed by atoms with E-state index in [0.29, 0.717) is 11.2 Å². The maximum absolute atomic E-state index is 11.8. The van der Waals surface area contributed by atoms with Crippen LogP contribution in [0, 0.1) is 0 Å². The number of amides is 1. The van der Waals surface area contributed by atoms with Gasteiger partial charge in [0.15, 0.2) is 0 Å². The molecule has 7 heteroatoms. The largest absolute Gasteiger partial charge is 0.368 e. The second-order valence-corrected chi connectivity index (χ2v) is 6.23. The number of hydrogen-bond acceptors (Lipinski definition) is 5. The van der Waals surface area contributed by atoms with E-state index in [9.17, 15) is 4.79 Å². The number of benzene rings is 1. The number of carbonyl (C=O) groups is 1. The molecule has 110 valence electrons. The number of primary amides is 1. The summed E-state index contributed by atoms with van der Waals surface area (Å²) in [4.78, 5) is 11.8. The minimum Gasteiger partial charge on any atom is -0.368 e. The van der Waals surface area contributed by atoms with E-state index in [2.05, 4.69) is 15.5 Å². The van der Waals surface area contributed by atoms with Crippen molar-refractivity contribution in [1.29, 1.82) is 0 Å². The first kappa shape index (κ1) is 14.1. The number of tetrazole rings is 1. The van der Waals surface area contributed by atoms with E-state index in [1.165, 1.54) is 24.6 Å². The second-order valence-electron chi connectivity index (χ2n) is 5.16. The molecule has 1 amide bonds. The second kappa shape index (κ2) is 6.26. The van der Waals surface area contributed by atoms with Gasteiger partial charge in [0.1, 0.15) is 5.25 Å². The Morgan fingerprint density at radius 2 is 2.00 bits per heavy atom. The quantitative estimate of drug-likeness (QED) is 0.855. The van der Waals surface area contributed by atoms with Crippen LogP contribution in [0.5, 0.6) is 0 Å². The third-order valence-electron chi connectivity index (χ3n) is 3.72. The minimum absolute atomic E-state index is 0.340. The van der Waals surface area contributed by atoms with Crippen LogP contribution in [0.15, 0.2) is 35.5 Å². The van der Waals surface area contributed by atoms with E-state index >= 15 is 0 Å². The fourth-order valence-corrected chi connectivity index (χ4v) is 3.66. The zero-order valence-corrected chi connectivity index (χ0v) is 12.4. The van der Waals surface area contributed by atoms with Gasteiger partial charge in [-0.15, -0.1) is 5.10 Å². The molecule has 1 aliphatic carbocycles. The van der Waals surface area contributed by atoms with Crippen molar-refractivity contribution < 1.29 is 4.79 Å². The predicted molar refractivity (Wildman–Crippen MR) is 79.6 cm³/mol. The van der Waals surface area contributed by atoms with Crippen molar-refractivity contribution in [2.75, 3.05) is 0 Å². The van der Waals surface area contributed by atoms with Gasteiger partial charge in [-0.05, 0) is 28.8 Å². The minimum atomic E-state index is -0.475. The number of rotatable bonds is 5. The standard InChI is InChI=1S/C14H17N5OS/c15-13(20)12(10-6-2-1-3-7-10)21-14-16-17-18-19(14)11-8-4-5-9-11/h1-3,6-7,11-12H,4-5,8-9H2,(H2,15,20). The average Bonchev–Trinajstić information content (AvgIpc) is 3.16. The summed E-state index contributed by atoms with van der Waals surface area (Å²) in [6.07, 6.45) is 4.58. The third-order valence-corrected chi connectivity index (χ3v) is 4.94. The van der Waals surface area contributed by atoms with Crippen molar-refractivity contribution in [2.45, 2.75) is 42.1 Å². The van der Waals surface area contributed by atoms with E-state index in [-0.39, 0.29) is 5.91 Å². The Kier molecular flexibility index (Phi) is 4.19. The molecule has 0 saturated heterocycles. The van der Waals surface area contributed by atoms with Gasteiger partial charge < -0.3 is 5.73 Å². The molecule has 1 aromatic heterocycles. The Morgan fingerprint density at radius 1 is 1.29 bits per heavy atom. The highest BCUT2D eigenvalue weighted by Gasteiger charge is 2.26. The topological polar surface area (TPSA) is 86.7 Å². The van der Waals surface area contributed by atoms with Crippen LogP contribution >= 0.6 is 11.8 Å². The molecule has 1 atom stereocenters. The lowest BCUT2D eigenvalue weighted by molar-refractivity contribution is -0.117. The summed E-state index contributed by atoms with van der Waals surface area (Å²) in [6.45, 7) is 0. The molecule has 0 bridgehead atoms. The number of thioether (sulfide) groups is 1. The third kappa shape index (κ3) is 3.07. The number of aromatic nitrogens is 4. The zero-order chi connectivity index (χ0) is 14.7. The molecular formula is C14H17N5OS. The van der Waals surface area contributed by atoms with E-state index in [1.807, 2.05) is 35.0 Å². The lowest BCUT2D eigenvalue weighted by Gasteiger charge is -2.15. The Labute approximate surface area is 127 Å². The van der Waals surface area contributed by atoms with Crippen LogP contribution in [0.3, 0.4) is 0 Å². The van der Waals surface area contributed by atoms with E-state index in [0.717, 1.165) is 18.4 Å². The normalized spacial score (nSPS) is 17.0. The van der Waals surface area contributed by atoms with Gasteiger partial charge in [0.2, 0.25) is 11.1 Å². The van der Waals surface area contributed by atoms with Gasteiger partial charge in [-0.1, -0.05) is 54.9 Å². The fraction of sp³-hybridized carbons (Fsp3) is 0.429. The van der Waals surface area contributed by atoms with Gasteiger partial charge in [-0.3, -0.25) is 4.79 Å². The van der Waals surface area contributed by atoms with Crippen molar-refractivity contribution in [1.82, 2.24) is 20.2 Å². The number of nitrogens with zero attached hydrogens (tertiary/aromatic N) is 4. The Bertz CT molecular complexity index is 609. The monoisotopic (exact) mass is 303 g/mol.